The van der Waals surface area contributed by atoms with Gasteiger partial charge in [0.05, 0.1) is 23.7 Å². The third-order valence-corrected chi connectivity index (χ3v) is 9.71. The van der Waals surface area contributed by atoms with Crippen LogP contribution in [-0.2, 0) is 35.0 Å². The zero-order valence-electron chi connectivity index (χ0n) is 24.3. The number of nitroso groups, excluding NO2 is 1. The van der Waals surface area contributed by atoms with E-state index < -0.39 is 58.3 Å². The Labute approximate surface area is 235 Å². The number of ether oxygens (including phenoxy) is 3. The lowest BCUT2D eigenvalue weighted by atomic mass is 9.51. The van der Waals surface area contributed by atoms with Gasteiger partial charge in [-0.25, -0.2) is 0 Å². The number of hydrogen-bond donors (Lipinski definition) is 1. The minimum Gasteiger partial charge on any atom is -0.458 e. The molecule has 1 heterocycles. The molecule has 1 saturated carbocycles. The van der Waals surface area contributed by atoms with Crippen molar-refractivity contribution in [2.75, 3.05) is 6.61 Å². The Morgan fingerprint density at radius 1 is 1.12 bits per heavy atom. The molecule has 6 unspecified atom stereocenters. The second-order valence-electron chi connectivity index (χ2n) is 12.5. The summed E-state index contributed by atoms with van der Waals surface area (Å²) >= 11 is 0. The number of ketones is 1. The monoisotopic (exact) mass is 555 g/mol. The summed E-state index contributed by atoms with van der Waals surface area (Å²) in [7, 11) is 0. The summed E-state index contributed by atoms with van der Waals surface area (Å²) in [5.41, 5.74) is -1.86. The highest BCUT2D eigenvalue weighted by molar-refractivity contribution is 5.94. The second-order valence-corrected chi connectivity index (χ2v) is 12.5. The van der Waals surface area contributed by atoms with Crippen molar-refractivity contribution in [2.45, 2.75) is 104 Å². The van der Waals surface area contributed by atoms with Crippen LogP contribution in [0.1, 0.15) is 72.8 Å². The van der Waals surface area contributed by atoms with Gasteiger partial charge in [-0.15, -0.1) is 0 Å². The summed E-state index contributed by atoms with van der Waals surface area (Å²) in [5.74, 6) is -2.14. The molecule has 0 spiro atoms. The van der Waals surface area contributed by atoms with E-state index in [4.69, 9.17) is 14.2 Å². The molecular formula is C31H41NO8. The summed E-state index contributed by atoms with van der Waals surface area (Å²) in [6.45, 7) is 10.2. The summed E-state index contributed by atoms with van der Waals surface area (Å²) in [6, 6.07) is 8.67. The first-order valence-corrected chi connectivity index (χ1v) is 14.1. The van der Waals surface area contributed by atoms with E-state index in [0.717, 1.165) is 5.56 Å². The van der Waals surface area contributed by atoms with E-state index in [1.807, 2.05) is 51.1 Å². The molecule has 2 fully saturated rings. The van der Waals surface area contributed by atoms with Gasteiger partial charge in [-0.05, 0) is 56.2 Å². The van der Waals surface area contributed by atoms with E-state index in [1.54, 1.807) is 13.8 Å². The van der Waals surface area contributed by atoms with Crippen molar-refractivity contribution >= 4 is 17.7 Å². The van der Waals surface area contributed by atoms with Crippen LogP contribution in [0.2, 0.25) is 0 Å². The van der Waals surface area contributed by atoms with Crippen molar-refractivity contribution < 1.29 is 33.7 Å². The molecule has 0 aromatic heterocycles. The third kappa shape index (κ3) is 5.26. The highest BCUT2D eigenvalue weighted by Gasteiger charge is 2.64. The van der Waals surface area contributed by atoms with Crippen LogP contribution in [0.5, 0.6) is 0 Å². The van der Waals surface area contributed by atoms with E-state index in [-0.39, 0.29) is 38.4 Å². The Morgan fingerprint density at radius 3 is 2.42 bits per heavy atom. The van der Waals surface area contributed by atoms with Crippen LogP contribution < -0.4 is 0 Å². The molecule has 2 aliphatic carbocycles. The van der Waals surface area contributed by atoms with Crippen molar-refractivity contribution in [1.29, 1.82) is 0 Å². The Balaban J connectivity index is 1.78. The van der Waals surface area contributed by atoms with Crippen molar-refractivity contribution in [3.05, 3.63) is 51.9 Å². The lowest BCUT2D eigenvalue weighted by Gasteiger charge is -2.56. The number of aliphatic hydroxyl groups is 1. The minimum absolute atomic E-state index is 0.0920. The summed E-state index contributed by atoms with van der Waals surface area (Å²) < 4.78 is 17.7. The molecule has 1 aromatic carbocycles. The van der Waals surface area contributed by atoms with Gasteiger partial charge in [0, 0.05) is 31.6 Å². The topological polar surface area (TPSA) is 129 Å². The SMILES string of the molecule is CC(=O)OC1C(=O)C2(C)C(COC(C)CC2N=O)CC2(O)C[C@H](OC(=O)CCc3ccccc3)C(C)=C1C2(C)C. The Kier molecular flexibility index (Phi) is 8.39. The number of carbonyl (C=O) groups is 3. The maximum absolute atomic E-state index is 14.5. The summed E-state index contributed by atoms with van der Waals surface area (Å²) in [5, 5.41) is 15.8. The normalized spacial score (nSPS) is 35.5. The van der Waals surface area contributed by atoms with Crippen molar-refractivity contribution in [3.8, 4) is 0 Å². The molecule has 1 aliphatic heterocycles. The first-order valence-electron chi connectivity index (χ1n) is 14.1. The van der Waals surface area contributed by atoms with Gasteiger partial charge in [0.15, 0.2) is 11.9 Å². The lowest BCUT2D eigenvalue weighted by molar-refractivity contribution is -0.176. The first-order chi connectivity index (χ1) is 18.7. The molecule has 0 radical (unpaired) electrons. The second kappa shape index (κ2) is 11.2. The molecule has 1 aromatic rings. The lowest BCUT2D eigenvalue weighted by Crippen LogP contribution is -2.63. The maximum atomic E-state index is 14.5. The van der Waals surface area contributed by atoms with Crippen LogP contribution >= 0.6 is 0 Å². The number of fused-ring (bicyclic) bond motifs is 3. The van der Waals surface area contributed by atoms with Gasteiger partial charge in [-0.3, -0.25) is 14.4 Å². The average Bonchev–Trinajstić information content (AvgIpc) is 3.01. The minimum atomic E-state index is -1.47. The molecule has 1 saturated heterocycles. The first kappa shape index (κ1) is 30.1. The fourth-order valence-electron chi connectivity index (χ4n) is 6.99. The van der Waals surface area contributed by atoms with Crippen molar-refractivity contribution in [1.82, 2.24) is 0 Å². The number of benzene rings is 1. The zero-order valence-corrected chi connectivity index (χ0v) is 24.3. The number of Topliss-reactive ketones (excluding diaryl/α,β-unsaturated/α-hetero) is 1. The largest absolute Gasteiger partial charge is 0.458 e. The molecule has 3 aliphatic rings. The average molecular weight is 556 g/mol. The predicted molar refractivity (Wildman–Crippen MR) is 147 cm³/mol. The van der Waals surface area contributed by atoms with Gasteiger partial charge in [0.25, 0.3) is 0 Å². The van der Waals surface area contributed by atoms with Crippen LogP contribution in [0.15, 0.2) is 46.7 Å². The van der Waals surface area contributed by atoms with Gasteiger partial charge in [-0.2, -0.15) is 4.91 Å². The zero-order chi connectivity index (χ0) is 29.5. The molecule has 1 N–H and O–H groups in total. The fourth-order valence-corrected chi connectivity index (χ4v) is 6.99. The number of rotatable bonds is 6. The van der Waals surface area contributed by atoms with Gasteiger partial charge in [-0.1, -0.05) is 49.4 Å². The third-order valence-electron chi connectivity index (χ3n) is 9.71. The van der Waals surface area contributed by atoms with Crippen LogP contribution in [0, 0.1) is 21.7 Å². The number of esters is 2. The Bertz CT molecular complexity index is 1190. The fraction of sp³-hybridized carbons (Fsp3) is 0.645. The molecule has 0 amide bonds. The summed E-state index contributed by atoms with van der Waals surface area (Å²) in [4.78, 5) is 52.0. The Hall–Kier alpha value is -2.91. The molecule has 9 nitrogen and oxygen atoms in total. The molecule has 40 heavy (non-hydrogen) atoms. The van der Waals surface area contributed by atoms with E-state index in [1.165, 1.54) is 6.92 Å². The van der Waals surface area contributed by atoms with Crippen LogP contribution in [0.3, 0.4) is 0 Å². The van der Waals surface area contributed by atoms with E-state index in [9.17, 15) is 24.4 Å². The van der Waals surface area contributed by atoms with Gasteiger partial charge in [0.2, 0.25) is 0 Å². The molecular weight excluding hydrogens is 514 g/mol. The van der Waals surface area contributed by atoms with Gasteiger partial charge >= 0.3 is 11.9 Å². The van der Waals surface area contributed by atoms with E-state index >= 15 is 0 Å². The highest BCUT2D eigenvalue weighted by atomic mass is 16.6. The molecule has 218 valence electrons. The molecule has 2 bridgehead atoms. The highest BCUT2D eigenvalue weighted by Crippen LogP contribution is 2.58. The van der Waals surface area contributed by atoms with Crippen molar-refractivity contribution in [3.63, 3.8) is 0 Å². The molecule has 7 atom stereocenters. The van der Waals surface area contributed by atoms with Crippen LogP contribution in [0.25, 0.3) is 0 Å². The molecule has 9 heteroatoms. The van der Waals surface area contributed by atoms with Crippen LogP contribution in [0.4, 0.5) is 0 Å². The van der Waals surface area contributed by atoms with Gasteiger partial charge in [0.1, 0.15) is 12.1 Å². The predicted octanol–water partition coefficient (Wildman–Crippen LogP) is 4.48. The quantitative estimate of drug-likeness (QED) is 0.309. The van der Waals surface area contributed by atoms with E-state index in [2.05, 4.69) is 5.18 Å². The van der Waals surface area contributed by atoms with Gasteiger partial charge < -0.3 is 19.3 Å². The number of hydrogen-bond acceptors (Lipinski definition) is 9. The number of nitrogens with zero attached hydrogens (tertiary/aromatic N) is 1. The summed E-state index contributed by atoms with van der Waals surface area (Å²) in [6.07, 6.45) is -1.44. The maximum Gasteiger partial charge on any atom is 0.306 e. The van der Waals surface area contributed by atoms with E-state index in [0.29, 0.717) is 17.6 Å². The number of carbonyl (C=O) groups excluding carboxylic acids is 3. The van der Waals surface area contributed by atoms with Crippen LogP contribution in [-0.4, -0.2) is 59.4 Å². The smallest absolute Gasteiger partial charge is 0.306 e. The number of aryl methyl sites for hydroxylation is 1. The standard InChI is InChI=1S/C31H41NO8/c1-18-14-24(32-37)30(6)22(17-38-18)15-31(36)16-23(40-25(34)13-12-21-10-8-7-9-11-21)19(2)26(29(31,4)5)27(28(30)35)39-20(3)33/h7-11,18,22-24,27,36H,12-17H2,1-6H3/t18?,22?,23-,24?,27?,30?,31?/m0/s1. The molecule has 4 rings (SSSR count). The Morgan fingerprint density at radius 2 is 1.80 bits per heavy atom. The van der Waals surface area contributed by atoms with Crippen molar-refractivity contribution in [2.24, 2.45) is 21.9 Å².